The molecule has 1 unspecified atom stereocenters. The van der Waals surface area contributed by atoms with E-state index >= 15 is 0 Å². The van der Waals surface area contributed by atoms with Gasteiger partial charge in [-0.05, 0) is 32.9 Å². The molecule has 5 nitrogen and oxygen atoms in total. The maximum absolute atomic E-state index is 5.37. The van der Waals surface area contributed by atoms with Gasteiger partial charge in [-0.15, -0.1) is 0 Å². The summed E-state index contributed by atoms with van der Waals surface area (Å²) in [5, 5.41) is 3.35. The third-order valence-corrected chi connectivity index (χ3v) is 2.81. The van der Waals surface area contributed by atoms with E-state index in [0.717, 1.165) is 23.9 Å². The summed E-state index contributed by atoms with van der Waals surface area (Å²) in [5.74, 6) is 1.80. The molecule has 0 fully saturated rings. The second kappa shape index (κ2) is 6.33. The van der Waals surface area contributed by atoms with Crippen LogP contribution in [0.4, 0.5) is 5.69 Å². The number of aryl methyl sites for hydroxylation is 1. The molecule has 0 aromatic carbocycles. The predicted molar refractivity (Wildman–Crippen MR) is 75.7 cm³/mol. The van der Waals surface area contributed by atoms with Gasteiger partial charge in [-0.25, -0.2) is 9.97 Å². The van der Waals surface area contributed by atoms with Crippen molar-refractivity contribution in [2.75, 3.05) is 18.5 Å². The highest BCUT2D eigenvalue weighted by atomic mass is 16.5. The number of ether oxygens (including phenoxy) is 1. The summed E-state index contributed by atoms with van der Waals surface area (Å²) in [6.07, 6.45) is 5.51. The van der Waals surface area contributed by atoms with Crippen LogP contribution < -0.4 is 5.32 Å². The molecular formula is C14H20N4O. The molecule has 0 amide bonds. The second-order valence-electron chi connectivity index (χ2n) is 4.45. The molecule has 0 saturated carbocycles. The summed E-state index contributed by atoms with van der Waals surface area (Å²) in [4.78, 5) is 8.62. The predicted octanol–water partition coefficient (Wildman–Crippen LogP) is 2.41. The van der Waals surface area contributed by atoms with Crippen LogP contribution in [0, 0.1) is 6.92 Å². The highest BCUT2D eigenvalue weighted by Crippen LogP contribution is 2.12. The first-order chi connectivity index (χ1) is 9.20. The SMILES string of the molecule is CCOCC(C)Nc1ccc(-n2ccnc2C)nc1. The van der Waals surface area contributed by atoms with E-state index < -0.39 is 0 Å². The summed E-state index contributed by atoms with van der Waals surface area (Å²) >= 11 is 0. The first-order valence-electron chi connectivity index (χ1n) is 6.51. The van der Waals surface area contributed by atoms with E-state index in [1.165, 1.54) is 0 Å². The zero-order valence-electron chi connectivity index (χ0n) is 11.6. The van der Waals surface area contributed by atoms with Crippen molar-refractivity contribution in [3.63, 3.8) is 0 Å². The molecule has 2 aromatic rings. The van der Waals surface area contributed by atoms with Crippen molar-refractivity contribution in [3.8, 4) is 5.82 Å². The van der Waals surface area contributed by atoms with E-state index in [4.69, 9.17) is 4.74 Å². The topological polar surface area (TPSA) is 52.0 Å². The van der Waals surface area contributed by atoms with Gasteiger partial charge in [-0.2, -0.15) is 0 Å². The lowest BCUT2D eigenvalue weighted by Crippen LogP contribution is -2.21. The van der Waals surface area contributed by atoms with Crippen molar-refractivity contribution in [1.29, 1.82) is 0 Å². The van der Waals surface area contributed by atoms with Crippen LogP contribution >= 0.6 is 0 Å². The fourth-order valence-corrected chi connectivity index (χ4v) is 1.85. The number of imidazole rings is 1. The molecule has 2 aromatic heterocycles. The largest absolute Gasteiger partial charge is 0.380 e. The fraction of sp³-hybridized carbons (Fsp3) is 0.429. The molecular weight excluding hydrogens is 240 g/mol. The molecule has 1 N–H and O–H groups in total. The molecule has 0 saturated heterocycles. The maximum Gasteiger partial charge on any atom is 0.138 e. The minimum Gasteiger partial charge on any atom is -0.380 e. The molecule has 0 aliphatic carbocycles. The molecule has 2 heterocycles. The molecule has 0 aliphatic heterocycles. The van der Waals surface area contributed by atoms with Crippen LogP contribution in [0.25, 0.3) is 5.82 Å². The van der Waals surface area contributed by atoms with E-state index in [0.29, 0.717) is 6.61 Å². The standard InChI is InChI=1S/C14H20N4O/c1-4-19-10-11(2)17-13-5-6-14(16-9-13)18-8-7-15-12(18)3/h5-9,11,17H,4,10H2,1-3H3. The number of hydrogen-bond acceptors (Lipinski definition) is 4. The lowest BCUT2D eigenvalue weighted by Gasteiger charge is -2.15. The van der Waals surface area contributed by atoms with E-state index in [1.54, 1.807) is 6.20 Å². The summed E-state index contributed by atoms with van der Waals surface area (Å²) in [6, 6.07) is 4.26. The first kappa shape index (κ1) is 13.5. The third kappa shape index (κ3) is 3.54. The Balaban J connectivity index is 2.01. The number of hydrogen-bond donors (Lipinski definition) is 1. The monoisotopic (exact) mass is 260 g/mol. The highest BCUT2D eigenvalue weighted by Gasteiger charge is 2.04. The Morgan fingerprint density at radius 1 is 1.37 bits per heavy atom. The van der Waals surface area contributed by atoms with Crippen molar-refractivity contribution >= 4 is 5.69 Å². The summed E-state index contributed by atoms with van der Waals surface area (Å²) in [6.45, 7) is 7.47. The Labute approximate surface area is 113 Å². The smallest absolute Gasteiger partial charge is 0.138 e. The third-order valence-electron chi connectivity index (χ3n) is 2.81. The number of pyridine rings is 1. The number of nitrogens with zero attached hydrogens (tertiary/aromatic N) is 3. The van der Waals surface area contributed by atoms with Gasteiger partial charge in [-0.3, -0.25) is 4.57 Å². The Bertz CT molecular complexity index is 506. The van der Waals surface area contributed by atoms with Gasteiger partial charge in [0.15, 0.2) is 0 Å². The normalized spacial score (nSPS) is 12.4. The minimum atomic E-state index is 0.266. The molecule has 5 heteroatoms. The average molecular weight is 260 g/mol. The molecule has 0 spiro atoms. The quantitative estimate of drug-likeness (QED) is 0.866. The van der Waals surface area contributed by atoms with Gasteiger partial charge in [0.05, 0.1) is 18.5 Å². The van der Waals surface area contributed by atoms with Crippen LogP contribution in [0.3, 0.4) is 0 Å². The van der Waals surface area contributed by atoms with Gasteiger partial charge >= 0.3 is 0 Å². The highest BCUT2D eigenvalue weighted by molar-refractivity contribution is 5.44. The zero-order chi connectivity index (χ0) is 13.7. The van der Waals surface area contributed by atoms with Crippen LogP contribution in [0.15, 0.2) is 30.7 Å². The summed E-state index contributed by atoms with van der Waals surface area (Å²) < 4.78 is 7.32. The van der Waals surface area contributed by atoms with Crippen LogP contribution in [-0.2, 0) is 4.74 Å². The van der Waals surface area contributed by atoms with Crippen molar-refractivity contribution in [1.82, 2.24) is 14.5 Å². The maximum atomic E-state index is 5.37. The van der Waals surface area contributed by atoms with Crippen LogP contribution in [0.5, 0.6) is 0 Å². The van der Waals surface area contributed by atoms with E-state index in [-0.39, 0.29) is 6.04 Å². The van der Waals surface area contributed by atoms with Crippen LogP contribution in [0.2, 0.25) is 0 Å². The fourth-order valence-electron chi connectivity index (χ4n) is 1.85. The Kier molecular flexibility index (Phi) is 4.52. The van der Waals surface area contributed by atoms with Gasteiger partial charge in [0.25, 0.3) is 0 Å². The minimum absolute atomic E-state index is 0.266. The van der Waals surface area contributed by atoms with E-state index in [2.05, 4.69) is 22.2 Å². The second-order valence-corrected chi connectivity index (χ2v) is 4.45. The van der Waals surface area contributed by atoms with Crippen molar-refractivity contribution < 1.29 is 4.74 Å². The van der Waals surface area contributed by atoms with Gasteiger partial charge in [0, 0.05) is 25.0 Å². The molecule has 2 rings (SSSR count). The van der Waals surface area contributed by atoms with E-state index in [1.807, 2.05) is 42.9 Å². The van der Waals surface area contributed by atoms with Crippen molar-refractivity contribution in [2.45, 2.75) is 26.8 Å². The Hall–Kier alpha value is -1.88. The van der Waals surface area contributed by atoms with Crippen LogP contribution in [-0.4, -0.2) is 33.8 Å². The first-order valence-corrected chi connectivity index (χ1v) is 6.51. The van der Waals surface area contributed by atoms with Gasteiger partial charge in [0.2, 0.25) is 0 Å². The number of aromatic nitrogens is 3. The lowest BCUT2D eigenvalue weighted by atomic mass is 10.3. The van der Waals surface area contributed by atoms with E-state index in [9.17, 15) is 0 Å². The van der Waals surface area contributed by atoms with Gasteiger partial charge in [0.1, 0.15) is 11.6 Å². The van der Waals surface area contributed by atoms with Crippen molar-refractivity contribution in [2.24, 2.45) is 0 Å². The molecule has 1 atom stereocenters. The molecule has 0 radical (unpaired) electrons. The van der Waals surface area contributed by atoms with Crippen LogP contribution in [0.1, 0.15) is 19.7 Å². The van der Waals surface area contributed by atoms with Gasteiger partial charge < -0.3 is 10.1 Å². The zero-order valence-corrected chi connectivity index (χ0v) is 11.6. The molecule has 0 bridgehead atoms. The number of rotatable bonds is 6. The average Bonchev–Trinajstić information content (AvgIpc) is 2.83. The number of nitrogens with one attached hydrogen (secondary N) is 1. The molecule has 19 heavy (non-hydrogen) atoms. The van der Waals surface area contributed by atoms with Crippen molar-refractivity contribution in [3.05, 3.63) is 36.5 Å². The lowest BCUT2D eigenvalue weighted by molar-refractivity contribution is 0.141. The van der Waals surface area contributed by atoms with Gasteiger partial charge in [-0.1, -0.05) is 0 Å². The summed E-state index contributed by atoms with van der Waals surface area (Å²) in [7, 11) is 0. The number of anilines is 1. The Morgan fingerprint density at radius 2 is 2.21 bits per heavy atom. The summed E-state index contributed by atoms with van der Waals surface area (Å²) in [5.41, 5.74) is 0.994. The molecule has 0 aliphatic rings. The molecule has 102 valence electrons. The Morgan fingerprint density at radius 3 is 2.79 bits per heavy atom.